The van der Waals surface area contributed by atoms with E-state index in [0.29, 0.717) is 12.8 Å². The van der Waals surface area contributed by atoms with Crippen molar-refractivity contribution < 1.29 is 208 Å². The van der Waals surface area contributed by atoms with Crippen LogP contribution in [-0.4, -0.2) is 413 Å². The first-order chi connectivity index (χ1) is 67.6. The molecule has 0 radical (unpaired) electrons. The number of rotatable bonds is 70. The predicted molar refractivity (Wildman–Crippen MR) is 497 cm³/mol. The van der Waals surface area contributed by atoms with Crippen molar-refractivity contribution in [3.05, 3.63) is 12.2 Å². The number of ether oxygens (including phenoxy) is 12. The number of carbonyl (C=O) groups excluding carboxylic acids is 5. The summed E-state index contributed by atoms with van der Waals surface area (Å²) in [7, 11) is 0. The van der Waals surface area contributed by atoms with Gasteiger partial charge in [0.05, 0.1) is 101 Å². The van der Waals surface area contributed by atoms with Gasteiger partial charge in [0.1, 0.15) is 122 Å². The summed E-state index contributed by atoms with van der Waals surface area (Å²) in [6.07, 6.45) is -26.3. The van der Waals surface area contributed by atoms with Crippen molar-refractivity contribution in [2.24, 2.45) is 5.92 Å². The Hall–Kier alpha value is -5.54. The number of hydrogen-bond acceptors (Lipinski definition) is 39. The molecule has 0 aromatic rings. The Bertz CT molecular complexity index is 3680. The van der Waals surface area contributed by atoms with Crippen molar-refractivity contribution in [1.29, 1.82) is 0 Å². The summed E-state index contributed by atoms with van der Waals surface area (Å²) in [6, 6.07) is -7.20. The first-order valence-corrected chi connectivity index (χ1v) is 51.0. The maximum absolute atomic E-state index is 14.5. The highest BCUT2D eigenvalue weighted by Crippen LogP contribution is 2.45. The lowest BCUT2D eigenvalue weighted by Crippen LogP contribution is -2.72. The summed E-state index contributed by atoms with van der Waals surface area (Å²) in [5.41, 5.74) is 0. The number of allylic oxidation sites excluding steroid dienone is 2. The fourth-order valence-corrected chi connectivity index (χ4v) is 19.3. The maximum atomic E-state index is 14.5. The van der Waals surface area contributed by atoms with Gasteiger partial charge in [0, 0.05) is 58.8 Å². The van der Waals surface area contributed by atoms with E-state index in [2.05, 4.69) is 47.3 Å². The molecule has 142 heavy (non-hydrogen) atoms. The second-order valence-electron chi connectivity index (χ2n) is 38.9. The van der Waals surface area contributed by atoms with E-state index in [9.17, 15) is 151 Å². The molecule has 46 nitrogen and oxygen atoms in total. The van der Waals surface area contributed by atoms with Crippen LogP contribution in [0.25, 0.3) is 0 Å². The normalized spacial score (nSPS) is 33.1. The molecule has 0 aliphatic carbocycles. The van der Waals surface area contributed by atoms with Gasteiger partial charge in [-0.2, -0.15) is 0 Å². The number of Topliss-reactive ketones (excluding diaryl/α,β-unsaturated/α-hetero) is 1. The molecule has 6 heterocycles. The monoisotopic (exact) mass is 2050 g/mol. The number of carbonyl (C=O) groups is 8. The van der Waals surface area contributed by atoms with E-state index in [4.69, 9.17) is 56.8 Å². The van der Waals surface area contributed by atoms with Crippen molar-refractivity contribution in [3.63, 3.8) is 0 Å². The first-order valence-electron chi connectivity index (χ1n) is 51.0. The van der Waals surface area contributed by atoms with Gasteiger partial charge in [-0.15, -0.1) is 0 Å². The van der Waals surface area contributed by atoms with Gasteiger partial charge < -0.3 is 195 Å². The van der Waals surface area contributed by atoms with Gasteiger partial charge in [0.25, 0.3) is 17.4 Å². The Morgan fingerprint density at radius 2 is 0.768 bits per heavy atom. The Morgan fingerprint density at radius 1 is 0.394 bits per heavy atom. The molecule has 0 saturated carbocycles. The number of hydrogen-bond donors (Lipinski definition) is 26. The lowest BCUT2D eigenvalue weighted by atomic mass is 9.86. The largest absolute Gasteiger partial charge is 0.477 e. The van der Waals surface area contributed by atoms with Crippen LogP contribution in [0.15, 0.2) is 12.2 Å². The summed E-state index contributed by atoms with van der Waals surface area (Å²) in [5, 5.41) is 262. The zero-order valence-corrected chi connectivity index (χ0v) is 83.0. The molecule has 6 fully saturated rings. The number of carboxylic acid groups (broad SMARTS) is 3. The Morgan fingerprint density at radius 3 is 1.17 bits per heavy atom. The van der Waals surface area contributed by atoms with Gasteiger partial charge >= 0.3 is 17.9 Å². The zero-order valence-electron chi connectivity index (χ0n) is 83.0. The van der Waals surface area contributed by atoms with Crippen molar-refractivity contribution in [3.8, 4) is 0 Å². The highest BCUT2D eigenvalue weighted by molar-refractivity contribution is 5.79. The van der Waals surface area contributed by atoms with E-state index in [0.717, 1.165) is 118 Å². The standard InChI is InChI=1S/C96H168N4O42/c1-7-9-11-13-15-17-19-21-22-23-24-25-26-27-28-30-32-34-36-38-40-42-70(116)100-59(60(111)41-39-37-35-33-31-29-20-18-16-14-12-10-8-2)53-131-89-80(123)79(122)82(68(51-105)133-89)135-90-81(124)87(83(69(52-106)134-90)136-88-58(43-54(3)107)74(117)76(119)65(48-102)132-88)142-96(93(129)130)46-63(114)73(99-57(6)110)86(141-96)78(121)67(50-104)138-95(92(127)128)45-62(113)72(98-56(5)109)85(140-95)77(120)66(49-103)137-94(91(125)126)44-61(112)71(97-55(4)108)84(139-94)75(118)64(115)47-101/h21-22,58-69,71-90,101-106,111-115,117-124H,7-20,23-53H2,1-6H3,(H,97,108)(H,98,109)(H,99,110)(H,100,116)(H,125,126)(H,127,128)(H,129,130)/b22-21-/t58-,59+,60-,61+,62+,63+,64-,65-,66-,67-,68-,69-,71-,72-,73-,74-,75-,76+,77-,78-,79-,80-,81-,82-,83+,84?,85?,86?,87-,88+,89-,90+,94-,95-,96+/m1/s1. The van der Waals surface area contributed by atoms with E-state index in [1.54, 1.807) is 0 Å². The molecule has 0 aromatic heterocycles. The highest BCUT2D eigenvalue weighted by atomic mass is 16.8. The van der Waals surface area contributed by atoms with E-state index >= 15 is 0 Å². The van der Waals surface area contributed by atoms with Crippen LogP contribution in [0.1, 0.15) is 286 Å². The van der Waals surface area contributed by atoms with Gasteiger partial charge in [0.15, 0.2) is 18.9 Å². The molecule has 3 unspecified atom stereocenters. The number of aliphatic hydroxyl groups excluding tert-OH is 19. The van der Waals surface area contributed by atoms with Gasteiger partial charge in [-0.1, -0.05) is 199 Å². The first kappa shape index (κ1) is 125. The Balaban J connectivity index is 1.27. The minimum atomic E-state index is -3.71. The van der Waals surface area contributed by atoms with Crippen molar-refractivity contribution >= 4 is 47.3 Å². The van der Waals surface area contributed by atoms with E-state index in [1.807, 2.05) is 0 Å². The molecule has 6 aliphatic rings. The van der Waals surface area contributed by atoms with Crippen LogP contribution in [0.4, 0.5) is 0 Å². The zero-order chi connectivity index (χ0) is 105. The maximum Gasteiger partial charge on any atom is 0.364 e. The van der Waals surface area contributed by atoms with Gasteiger partial charge in [0.2, 0.25) is 23.6 Å². The molecule has 4 amide bonds. The smallest absolute Gasteiger partial charge is 0.364 e. The molecule has 46 heteroatoms. The molecule has 35 atom stereocenters. The number of amides is 4. The summed E-state index contributed by atoms with van der Waals surface area (Å²) < 4.78 is 72.2. The van der Waals surface area contributed by atoms with E-state index in [-0.39, 0.29) is 12.8 Å². The SMILES string of the molecule is CCCCCCCC/C=C\CCCCCCCCCCCCCC(=O)N[C@@H](CO[C@@H]1O[C@H](CO)[C@@H](O[C@@H]2O[C@H](CO)[C@H](O[C@@H]3O[C@H](CO)[C@H](O)[C@H](O)[C@H]3CC(C)=O)[C@H](O[C@]3(C(=O)O)C[C@H](O)[C@@H](NC(C)=O)C([C@H](O)[C@@H](CO)O[C@]4(C(=O)O)C[C@H](O)[C@@H](NC(C)=O)C([C@H](O)[C@@H](CO)O[C@]5(C(=O)O)C[C@H](O)[C@@H](NC(C)=O)C([C@H](O)[C@H](O)CO)O5)O4)O3)[C@H]2O)[C@H](O)[C@H]1O)[C@H](O)CCCCCCCCCCCCCCC. The fourth-order valence-electron chi connectivity index (χ4n) is 19.3. The fraction of sp³-hybridized carbons (Fsp3) is 0.896. The van der Waals surface area contributed by atoms with Crippen LogP contribution >= 0.6 is 0 Å². The molecule has 0 spiro atoms. The summed E-state index contributed by atoms with van der Waals surface area (Å²) >= 11 is 0. The minimum Gasteiger partial charge on any atom is -0.477 e. The number of carboxylic acids is 3. The van der Waals surface area contributed by atoms with E-state index < -0.39 is 332 Å². The molecule has 824 valence electrons. The average Bonchev–Trinajstić information content (AvgIpc) is 0.741. The quantitative estimate of drug-likeness (QED) is 0.0254. The third-order valence-electron chi connectivity index (χ3n) is 27.3. The molecule has 6 aliphatic heterocycles. The number of aliphatic carboxylic acids is 3. The van der Waals surface area contributed by atoms with Crippen LogP contribution in [0, 0.1) is 5.92 Å². The van der Waals surface area contributed by atoms with Crippen LogP contribution in [0.3, 0.4) is 0 Å². The topological polar surface area (TPSA) is 741 Å². The molecule has 0 bridgehead atoms. The molecular formula is C96H168N4O42. The molecule has 6 rings (SSSR count). The van der Waals surface area contributed by atoms with Gasteiger partial charge in [-0.05, 0) is 45.4 Å². The third-order valence-corrected chi connectivity index (χ3v) is 27.3. The Kier molecular flexibility index (Phi) is 56.5. The number of aliphatic hydroxyl groups is 19. The molecular weight excluding hydrogens is 1880 g/mol. The van der Waals surface area contributed by atoms with E-state index in [1.165, 1.54) is 103 Å². The Labute approximate surface area is 829 Å². The summed E-state index contributed by atoms with van der Waals surface area (Å²) in [5.74, 6) is -23.5. The van der Waals surface area contributed by atoms with Crippen molar-refractivity contribution in [2.45, 2.75) is 492 Å². The van der Waals surface area contributed by atoms with Gasteiger partial charge in [-0.25, -0.2) is 14.4 Å². The van der Waals surface area contributed by atoms with Gasteiger partial charge in [-0.3, -0.25) is 19.2 Å². The van der Waals surface area contributed by atoms with Crippen molar-refractivity contribution in [1.82, 2.24) is 21.3 Å². The lowest BCUT2D eigenvalue weighted by Gasteiger charge is -2.53. The molecule has 26 N–H and O–H groups in total. The van der Waals surface area contributed by atoms with Crippen molar-refractivity contribution in [2.75, 3.05) is 46.2 Å². The second-order valence-corrected chi connectivity index (χ2v) is 38.9. The van der Waals surface area contributed by atoms with Crippen LogP contribution < -0.4 is 21.3 Å². The minimum absolute atomic E-state index is 0.103. The summed E-state index contributed by atoms with van der Waals surface area (Å²) in [6.45, 7) is -0.494. The highest BCUT2D eigenvalue weighted by Gasteiger charge is 2.65. The molecule has 0 aromatic carbocycles. The van der Waals surface area contributed by atoms with Crippen LogP contribution in [0.5, 0.6) is 0 Å². The van der Waals surface area contributed by atoms with Crippen LogP contribution in [0.2, 0.25) is 0 Å². The average molecular weight is 2050 g/mol. The third kappa shape index (κ3) is 37.6. The lowest BCUT2D eigenvalue weighted by molar-refractivity contribution is -0.404. The molecule has 6 saturated heterocycles. The number of ketones is 1. The predicted octanol–water partition coefficient (Wildman–Crippen LogP) is -1.09. The second kappa shape index (κ2) is 64.1. The number of nitrogens with one attached hydrogen (secondary N) is 4. The summed E-state index contributed by atoms with van der Waals surface area (Å²) in [4.78, 5) is 107. The number of unbranched alkanes of at least 4 members (excludes halogenated alkanes) is 29. The van der Waals surface area contributed by atoms with Crippen LogP contribution in [-0.2, 0) is 95.2 Å².